The highest BCUT2D eigenvalue weighted by molar-refractivity contribution is 6.12. The largest absolute Gasteiger partial charge is 0.415 e. The van der Waals surface area contributed by atoms with Gasteiger partial charge in [0, 0.05) is 36.5 Å². The van der Waals surface area contributed by atoms with Crippen LogP contribution in [0.5, 0.6) is 5.75 Å². The van der Waals surface area contributed by atoms with Crippen molar-refractivity contribution in [3.63, 3.8) is 0 Å². The van der Waals surface area contributed by atoms with Crippen molar-refractivity contribution in [1.82, 2.24) is 9.88 Å². The number of piperidine rings is 1. The monoisotopic (exact) mass is 376 g/mol. The zero-order valence-corrected chi connectivity index (χ0v) is 16.3. The van der Waals surface area contributed by atoms with Gasteiger partial charge in [-0.3, -0.25) is 9.98 Å². The lowest BCUT2D eigenvalue weighted by Crippen LogP contribution is -2.42. The van der Waals surface area contributed by atoms with Gasteiger partial charge >= 0.3 is 6.09 Å². The Bertz CT molecular complexity index is 943. The number of aromatic nitrogens is 1. The van der Waals surface area contributed by atoms with Gasteiger partial charge in [-0.25, -0.2) is 9.79 Å². The molecule has 2 aliphatic rings. The number of aryl methyl sites for hydroxylation is 2. The van der Waals surface area contributed by atoms with Crippen molar-refractivity contribution in [1.29, 1.82) is 0 Å². The van der Waals surface area contributed by atoms with Crippen LogP contribution in [-0.4, -0.2) is 47.2 Å². The van der Waals surface area contributed by atoms with Gasteiger partial charge in [-0.05, 0) is 44.9 Å². The molecule has 1 amide bonds. The lowest BCUT2D eigenvalue weighted by atomic mass is 9.92. The maximum absolute atomic E-state index is 12.4. The Kier molecular flexibility index (Phi) is 5.19. The molecule has 3 heterocycles. The molecule has 0 unspecified atom stereocenters. The third kappa shape index (κ3) is 3.96. The van der Waals surface area contributed by atoms with Crippen LogP contribution in [0.2, 0.25) is 0 Å². The number of pyridine rings is 1. The Labute approximate surface area is 165 Å². The Morgan fingerprint density at radius 1 is 1.14 bits per heavy atom. The second-order valence-corrected chi connectivity index (χ2v) is 7.33. The van der Waals surface area contributed by atoms with Crippen LogP contribution >= 0.6 is 0 Å². The number of carbonyl (C=O) groups excluding carboxylic acids is 1. The van der Waals surface area contributed by atoms with Gasteiger partial charge < -0.3 is 9.64 Å². The third-order valence-corrected chi connectivity index (χ3v) is 5.30. The molecular formula is C22H24N4O2. The molecule has 0 atom stereocenters. The highest BCUT2D eigenvalue weighted by atomic mass is 16.6. The molecule has 0 N–H and O–H groups in total. The van der Waals surface area contributed by atoms with Crippen molar-refractivity contribution in [2.45, 2.75) is 26.7 Å². The number of ether oxygens (including phenoxy) is 1. The summed E-state index contributed by atoms with van der Waals surface area (Å²) in [5.41, 5.74) is 4.13. The first-order valence-electron chi connectivity index (χ1n) is 9.67. The summed E-state index contributed by atoms with van der Waals surface area (Å²) in [6, 6.07) is 11.8. The molecule has 0 aliphatic carbocycles. The van der Waals surface area contributed by atoms with Crippen molar-refractivity contribution in [3.8, 4) is 5.75 Å². The predicted octanol–water partition coefficient (Wildman–Crippen LogP) is 3.81. The van der Waals surface area contributed by atoms with Gasteiger partial charge in [0.15, 0.2) is 11.6 Å². The molecule has 0 spiro atoms. The first-order chi connectivity index (χ1) is 13.6. The van der Waals surface area contributed by atoms with Crippen LogP contribution in [0.1, 0.15) is 29.7 Å². The van der Waals surface area contributed by atoms with E-state index in [1.165, 1.54) is 5.56 Å². The molecule has 1 aromatic heterocycles. The quantitative estimate of drug-likeness (QED) is 0.818. The van der Waals surface area contributed by atoms with Crippen LogP contribution in [0.15, 0.2) is 52.6 Å². The summed E-state index contributed by atoms with van der Waals surface area (Å²) < 4.78 is 5.50. The number of hydrogen-bond acceptors (Lipinski definition) is 5. The second kappa shape index (κ2) is 7.92. The van der Waals surface area contributed by atoms with Gasteiger partial charge in [0.05, 0.1) is 12.2 Å². The second-order valence-electron chi connectivity index (χ2n) is 7.33. The molecule has 4 rings (SSSR count). The molecular weight excluding hydrogens is 352 g/mol. The Balaban J connectivity index is 1.34. The Morgan fingerprint density at radius 3 is 2.71 bits per heavy atom. The highest BCUT2D eigenvalue weighted by Crippen LogP contribution is 2.24. The summed E-state index contributed by atoms with van der Waals surface area (Å²) in [6.07, 6.45) is 3.15. The number of amides is 1. The maximum atomic E-state index is 12.4. The van der Waals surface area contributed by atoms with Crippen LogP contribution in [-0.2, 0) is 0 Å². The van der Waals surface area contributed by atoms with E-state index >= 15 is 0 Å². The summed E-state index contributed by atoms with van der Waals surface area (Å²) in [7, 11) is 0. The third-order valence-electron chi connectivity index (χ3n) is 5.30. The van der Waals surface area contributed by atoms with Crippen molar-refractivity contribution in [2.75, 3.05) is 19.6 Å². The van der Waals surface area contributed by atoms with Crippen LogP contribution < -0.4 is 4.74 Å². The van der Waals surface area contributed by atoms with Crippen LogP contribution in [0.3, 0.4) is 0 Å². The van der Waals surface area contributed by atoms with Gasteiger partial charge in [-0.15, -0.1) is 0 Å². The molecule has 6 heteroatoms. The van der Waals surface area contributed by atoms with Gasteiger partial charge in [-0.2, -0.15) is 0 Å². The summed E-state index contributed by atoms with van der Waals surface area (Å²) in [5.74, 6) is 1.72. The van der Waals surface area contributed by atoms with Crippen LogP contribution in [0.4, 0.5) is 4.79 Å². The number of carbonyl (C=O) groups is 1. The summed E-state index contributed by atoms with van der Waals surface area (Å²) in [6.45, 7) is 5.90. The number of benzene rings is 1. The number of amidine groups is 1. The molecule has 0 radical (unpaired) electrons. The smallest absolute Gasteiger partial charge is 0.408 e. The van der Waals surface area contributed by atoms with Crippen molar-refractivity contribution in [3.05, 3.63) is 59.4 Å². The summed E-state index contributed by atoms with van der Waals surface area (Å²) in [5, 5.41) is 0. The minimum atomic E-state index is -0.306. The van der Waals surface area contributed by atoms with E-state index in [1.807, 2.05) is 13.0 Å². The zero-order chi connectivity index (χ0) is 19.5. The molecule has 2 aliphatic heterocycles. The zero-order valence-electron chi connectivity index (χ0n) is 16.3. The number of likely N-dealkylation sites (tertiary alicyclic amines) is 1. The van der Waals surface area contributed by atoms with Crippen LogP contribution in [0, 0.1) is 19.8 Å². The lowest BCUT2D eigenvalue weighted by Gasteiger charge is -2.31. The van der Waals surface area contributed by atoms with E-state index in [-0.39, 0.29) is 6.09 Å². The van der Waals surface area contributed by atoms with Gasteiger partial charge in [-0.1, -0.05) is 23.8 Å². The minimum absolute atomic E-state index is 0.306. The Morgan fingerprint density at radius 2 is 1.96 bits per heavy atom. The van der Waals surface area contributed by atoms with Crippen molar-refractivity contribution >= 4 is 17.6 Å². The van der Waals surface area contributed by atoms with E-state index in [2.05, 4.69) is 35.1 Å². The van der Waals surface area contributed by atoms with Gasteiger partial charge in [0.1, 0.15) is 0 Å². The fourth-order valence-electron chi connectivity index (χ4n) is 3.65. The van der Waals surface area contributed by atoms with E-state index in [4.69, 9.17) is 9.73 Å². The SMILES string of the molecule is Cc1cccc(C2=NCC(C3CCN(C(=O)Oc4cccnc4C)CC3)=N2)c1. The normalized spacial score (nSPS) is 17.3. The Hall–Kier alpha value is -3.02. The molecule has 6 nitrogen and oxygen atoms in total. The predicted molar refractivity (Wildman–Crippen MR) is 109 cm³/mol. The number of rotatable bonds is 3. The molecule has 2 aromatic rings. The molecule has 1 saturated heterocycles. The lowest BCUT2D eigenvalue weighted by molar-refractivity contribution is 0.137. The topological polar surface area (TPSA) is 67.2 Å². The average Bonchev–Trinajstić information content (AvgIpc) is 3.20. The molecule has 28 heavy (non-hydrogen) atoms. The average molecular weight is 376 g/mol. The number of aliphatic imine (C=N–C) groups is 2. The van der Waals surface area contributed by atoms with E-state index in [9.17, 15) is 4.79 Å². The van der Waals surface area contributed by atoms with Crippen molar-refractivity contribution < 1.29 is 9.53 Å². The molecule has 0 bridgehead atoms. The fraction of sp³-hybridized carbons (Fsp3) is 0.364. The molecule has 144 valence electrons. The number of nitrogens with zero attached hydrogens (tertiary/aromatic N) is 4. The van der Waals surface area contributed by atoms with Gasteiger partial charge in [0.25, 0.3) is 0 Å². The van der Waals surface area contributed by atoms with E-state index in [1.54, 1.807) is 23.2 Å². The standard InChI is InChI=1S/C22H24N4O2/c1-15-5-3-6-18(13-15)21-24-14-19(25-21)17-8-11-26(12-9-17)22(27)28-20-7-4-10-23-16(20)2/h3-7,10,13,17H,8-9,11-12,14H2,1-2H3. The summed E-state index contributed by atoms with van der Waals surface area (Å²) >= 11 is 0. The molecule has 1 aromatic carbocycles. The van der Waals surface area contributed by atoms with Crippen molar-refractivity contribution in [2.24, 2.45) is 15.9 Å². The van der Waals surface area contributed by atoms with Gasteiger partial charge in [0.2, 0.25) is 0 Å². The molecule has 1 fully saturated rings. The number of hydrogen-bond donors (Lipinski definition) is 0. The van der Waals surface area contributed by atoms with Crippen LogP contribution in [0.25, 0.3) is 0 Å². The molecule has 0 saturated carbocycles. The highest BCUT2D eigenvalue weighted by Gasteiger charge is 2.29. The first-order valence-corrected chi connectivity index (χ1v) is 9.67. The van der Waals surface area contributed by atoms with E-state index < -0.39 is 0 Å². The fourth-order valence-corrected chi connectivity index (χ4v) is 3.65. The van der Waals surface area contributed by atoms with E-state index in [0.29, 0.717) is 37.0 Å². The van der Waals surface area contributed by atoms with E-state index in [0.717, 1.165) is 30.0 Å². The maximum Gasteiger partial charge on any atom is 0.415 e. The summed E-state index contributed by atoms with van der Waals surface area (Å²) in [4.78, 5) is 27.8. The minimum Gasteiger partial charge on any atom is -0.408 e. The first kappa shape index (κ1) is 18.3.